The highest BCUT2D eigenvalue weighted by Gasteiger charge is 2.33. The molecule has 1 aliphatic heterocycles. The van der Waals surface area contributed by atoms with Gasteiger partial charge in [-0.3, -0.25) is 4.79 Å². The van der Waals surface area contributed by atoms with Gasteiger partial charge in [0.05, 0.1) is 17.8 Å². The van der Waals surface area contributed by atoms with Gasteiger partial charge in [0.15, 0.2) is 5.65 Å². The van der Waals surface area contributed by atoms with Gasteiger partial charge < -0.3 is 10.4 Å². The van der Waals surface area contributed by atoms with E-state index in [2.05, 4.69) is 15.4 Å². The minimum Gasteiger partial charge on any atom is -0.481 e. The lowest BCUT2D eigenvalue weighted by Crippen LogP contribution is -2.39. The predicted molar refractivity (Wildman–Crippen MR) is 64.3 cm³/mol. The summed E-state index contributed by atoms with van der Waals surface area (Å²) in [5.41, 5.74) is 1.58. The first kappa shape index (κ1) is 11.2. The van der Waals surface area contributed by atoms with Crippen LogP contribution in [0, 0.1) is 5.92 Å². The Hall–Kier alpha value is -1.95. The first-order chi connectivity index (χ1) is 8.75. The van der Waals surface area contributed by atoms with Gasteiger partial charge in [-0.25, -0.2) is 9.50 Å². The summed E-state index contributed by atoms with van der Waals surface area (Å²) >= 11 is 0. The minimum atomic E-state index is -0.766. The molecule has 0 radical (unpaired) electrons. The molecule has 0 amide bonds. The van der Waals surface area contributed by atoms with Crippen molar-refractivity contribution in [2.24, 2.45) is 5.92 Å². The molecular formula is C12H14N4O2. The van der Waals surface area contributed by atoms with Crippen LogP contribution in [-0.4, -0.2) is 38.8 Å². The molecule has 2 atom stereocenters. The molecule has 2 aromatic rings. The van der Waals surface area contributed by atoms with E-state index in [9.17, 15) is 9.90 Å². The van der Waals surface area contributed by atoms with E-state index in [-0.39, 0.29) is 5.92 Å². The summed E-state index contributed by atoms with van der Waals surface area (Å²) in [5.74, 6) is -1.22. The molecule has 0 saturated carbocycles. The Balaban J connectivity index is 1.98. The van der Waals surface area contributed by atoms with E-state index in [1.165, 1.54) is 0 Å². The van der Waals surface area contributed by atoms with Crippen LogP contribution in [0.25, 0.3) is 5.65 Å². The SMILES string of the molecule is O=C(O)C1CNCCC1c1cn2ncccc2n1. The third-order valence-electron chi connectivity index (χ3n) is 3.43. The molecule has 1 aliphatic rings. The number of hydrogen-bond donors (Lipinski definition) is 2. The molecule has 0 bridgehead atoms. The van der Waals surface area contributed by atoms with Gasteiger partial charge in [-0.05, 0) is 25.1 Å². The zero-order chi connectivity index (χ0) is 12.5. The monoisotopic (exact) mass is 246 g/mol. The van der Waals surface area contributed by atoms with Crippen molar-refractivity contribution >= 4 is 11.6 Å². The minimum absolute atomic E-state index is 0.0366. The number of carboxylic acids is 1. The summed E-state index contributed by atoms with van der Waals surface area (Å²) in [6, 6.07) is 3.69. The summed E-state index contributed by atoms with van der Waals surface area (Å²) in [5, 5.41) is 16.5. The van der Waals surface area contributed by atoms with Gasteiger partial charge in [0.2, 0.25) is 0 Å². The number of aromatic nitrogens is 3. The van der Waals surface area contributed by atoms with Crippen LogP contribution < -0.4 is 5.32 Å². The van der Waals surface area contributed by atoms with Gasteiger partial charge in [0.1, 0.15) is 0 Å². The Labute approximate surface area is 104 Å². The van der Waals surface area contributed by atoms with Crippen molar-refractivity contribution in [2.45, 2.75) is 12.3 Å². The van der Waals surface area contributed by atoms with Crippen LogP contribution in [-0.2, 0) is 4.79 Å². The van der Waals surface area contributed by atoms with Crippen molar-refractivity contribution in [1.82, 2.24) is 19.9 Å². The number of carbonyl (C=O) groups is 1. The van der Waals surface area contributed by atoms with E-state index in [0.717, 1.165) is 24.3 Å². The fourth-order valence-electron chi connectivity index (χ4n) is 2.50. The van der Waals surface area contributed by atoms with Crippen molar-refractivity contribution in [3.8, 4) is 0 Å². The van der Waals surface area contributed by atoms with Crippen molar-refractivity contribution in [3.63, 3.8) is 0 Å². The topological polar surface area (TPSA) is 79.5 Å². The number of piperidine rings is 1. The second-order valence-corrected chi connectivity index (χ2v) is 4.54. The quantitative estimate of drug-likeness (QED) is 0.807. The molecule has 6 heteroatoms. The number of nitrogens with zero attached hydrogens (tertiary/aromatic N) is 3. The molecule has 0 aliphatic carbocycles. The van der Waals surface area contributed by atoms with E-state index in [4.69, 9.17) is 0 Å². The molecule has 18 heavy (non-hydrogen) atoms. The van der Waals surface area contributed by atoms with E-state index in [0.29, 0.717) is 6.54 Å². The van der Waals surface area contributed by atoms with Gasteiger partial charge in [-0.1, -0.05) is 0 Å². The highest BCUT2D eigenvalue weighted by atomic mass is 16.4. The molecule has 3 heterocycles. The first-order valence-electron chi connectivity index (χ1n) is 5.99. The standard InChI is InChI=1S/C12H14N4O2/c17-12(18)9-6-13-5-3-8(9)10-7-16-11(15-10)2-1-4-14-16/h1-2,4,7-9,13H,3,5-6H2,(H,17,18). The van der Waals surface area contributed by atoms with Gasteiger partial charge in [-0.15, -0.1) is 0 Å². The van der Waals surface area contributed by atoms with E-state index in [1.54, 1.807) is 10.7 Å². The lowest BCUT2D eigenvalue weighted by Gasteiger charge is -2.27. The lowest BCUT2D eigenvalue weighted by molar-refractivity contribution is -0.143. The number of nitrogens with one attached hydrogen (secondary N) is 1. The van der Waals surface area contributed by atoms with Gasteiger partial charge in [-0.2, -0.15) is 5.10 Å². The summed E-state index contributed by atoms with van der Waals surface area (Å²) < 4.78 is 1.69. The van der Waals surface area contributed by atoms with Crippen LogP contribution in [0.3, 0.4) is 0 Å². The van der Waals surface area contributed by atoms with Crippen LogP contribution >= 0.6 is 0 Å². The fraction of sp³-hybridized carbons (Fsp3) is 0.417. The van der Waals surface area contributed by atoms with E-state index >= 15 is 0 Å². The molecule has 0 aromatic carbocycles. The summed E-state index contributed by atoms with van der Waals surface area (Å²) in [6.45, 7) is 1.33. The third-order valence-corrected chi connectivity index (χ3v) is 3.43. The van der Waals surface area contributed by atoms with Crippen molar-refractivity contribution in [2.75, 3.05) is 13.1 Å². The Kier molecular flexibility index (Phi) is 2.71. The smallest absolute Gasteiger partial charge is 0.308 e. The Morgan fingerprint density at radius 3 is 3.22 bits per heavy atom. The second kappa shape index (κ2) is 4.38. The number of imidazole rings is 1. The van der Waals surface area contributed by atoms with Gasteiger partial charge in [0.25, 0.3) is 0 Å². The molecule has 94 valence electrons. The highest BCUT2D eigenvalue weighted by Crippen LogP contribution is 2.29. The number of carboxylic acid groups (broad SMARTS) is 1. The fourth-order valence-corrected chi connectivity index (χ4v) is 2.50. The van der Waals surface area contributed by atoms with Gasteiger partial charge >= 0.3 is 5.97 Å². The molecule has 3 rings (SSSR count). The van der Waals surface area contributed by atoms with E-state index < -0.39 is 11.9 Å². The van der Waals surface area contributed by atoms with Crippen molar-refractivity contribution < 1.29 is 9.90 Å². The maximum atomic E-state index is 11.3. The normalized spacial score (nSPS) is 24.2. The number of fused-ring (bicyclic) bond motifs is 1. The third kappa shape index (κ3) is 1.84. The Morgan fingerprint density at radius 1 is 1.56 bits per heavy atom. The van der Waals surface area contributed by atoms with Crippen molar-refractivity contribution in [3.05, 3.63) is 30.2 Å². The molecule has 0 spiro atoms. The molecule has 2 N–H and O–H groups in total. The van der Waals surface area contributed by atoms with Crippen LogP contribution in [0.15, 0.2) is 24.5 Å². The van der Waals surface area contributed by atoms with Crippen molar-refractivity contribution in [1.29, 1.82) is 0 Å². The van der Waals surface area contributed by atoms with Crippen LogP contribution in [0.5, 0.6) is 0 Å². The molecular weight excluding hydrogens is 232 g/mol. The molecule has 6 nitrogen and oxygen atoms in total. The first-order valence-corrected chi connectivity index (χ1v) is 5.99. The number of aliphatic carboxylic acids is 1. The average molecular weight is 246 g/mol. The molecule has 2 unspecified atom stereocenters. The maximum Gasteiger partial charge on any atom is 0.308 e. The Bertz CT molecular complexity index is 547. The maximum absolute atomic E-state index is 11.3. The second-order valence-electron chi connectivity index (χ2n) is 4.54. The predicted octanol–water partition coefficient (Wildman–Crippen LogP) is 0.507. The van der Waals surface area contributed by atoms with Crippen LogP contribution in [0.1, 0.15) is 18.0 Å². The van der Waals surface area contributed by atoms with Crippen LogP contribution in [0.4, 0.5) is 0 Å². The highest BCUT2D eigenvalue weighted by molar-refractivity contribution is 5.71. The molecule has 2 aromatic heterocycles. The molecule has 1 saturated heterocycles. The van der Waals surface area contributed by atoms with Gasteiger partial charge in [0, 0.05) is 18.7 Å². The zero-order valence-electron chi connectivity index (χ0n) is 9.78. The zero-order valence-corrected chi connectivity index (χ0v) is 9.78. The average Bonchev–Trinajstić information content (AvgIpc) is 2.82. The summed E-state index contributed by atoms with van der Waals surface area (Å²) in [4.78, 5) is 15.7. The lowest BCUT2D eigenvalue weighted by atomic mass is 9.84. The number of rotatable bonds is 2. The summed E-state index contributed by atoms with van der Waals surface area (Å²) in [6.07, 6.45) is 4.32. The van der Waals surface area contributed by atoms with E-state index in [1.807, 2.05) is 18.3 Å². The summed E-state index contributed by atoms with van der Waals surface area (Å²) in [7, 11) is 0. The number of hydrogen-bond acceptors (Lipinski definition) is 4. The molecule has 1 fully saturated rings. The van der Waals surface area contributed by atoms with Crippen LogP contribution in [0.2, 0.25) is 0 Å². The Morgan fingerprint density at radius 2 is 2.44 bits per heavy atom. The largest absolute Gasteiger partial charge is 0.481 e.